The zero-order valence-electron chi connectivity index (χ0n) is 12.3. The van der Waals surface area contributed by atoms with Crippen LogP contribution in [0.1, 0.15) is 51.3 Å². The molecule has 2 N–H and O–H groups in total. The van der Waals surface area contributed by atoms with Gasteiger partial charge in [0.25, 0.3) is 0 Å². The number of nitrogens with zero attached hydrogens (tertiary/aromatic N) is 2. The summed E-state index contributed by atoms with van der Waals surface area (Å²) in [5.74, 6) is 1.05. The van der Waals surface area contributed by atoms with Crippen LogP contribution in [0.3, 0.4) is 0 Å². The van der Waals surface area contributed by atoms with E-state index in [0.717, 1.165) is 31.7 Å². The third-order valence-electron chi connectivity index (χ3n) is 4.38. The highest BCUT2D eigenvalue weighted by Crippen LogP contribution is 2.33. The molecule has 0 aliphatic heterocycles. The van der Waals surface area contributed by atoms with Crippen molar-refractivity contribution in [3.8, 4) is 0 Å². The molecule has 19 heavy (non-hydrogen) atoms. The first-order valence-corrected chi connectivity index (χ1v) is 7.53. The number of imidazole rings is 1. The summed E-state index contributed by atoms with van der Waals surface area (Å²) in [5.41, 5.74) is 6.38. The van der Waals surface area contributed by atoms with E-state index in [9.17, 15) is 0 Å². The van der Waals surface area contributed by atoms with Crippen LogP contribution >= 0.6 is 0 Å². The van der Waals surface area contributed by atoms with Crippen LogP contribution in [0.5, 0.6) is 0 Å². The van der Waals surface area contributed by atoms with Crippen LogP contribution in [0, 0.1) is 0 Å². The lowest BCUT2D eigenvalue weighted by atomic mass is 9.84. The van der Waals surface area contributed by atoms with Gasteiger partial charge in [-0.2, -0.15) is 0 Å². The van der Waals surface area contributed by atoms with Gasteiger partial charge >= 0.3 is 0 Å². The Morgan fingerprint density at radius 2 is 2.05 bits per heavy atom. The first-order valence-electron chi connectivity index (χ1n) is 7.53. The van der Waals surface area contributed by atoms with E-state index >= 15 is 0 Å². The van der Waals surface area contributed by atoms with Gasteiger partial charge in [-0.25, -0.2) is 4.98 Å². The maximum atomic E-state index is 6.52. The topological polar surface area (TPSA) is 53.1 Å². The van der Waals surface area contributed by atoms with Gasteiger partial charge in [0.15, 0.2) is 0 Å². The zero-order chi connectivity index (χ0) is 13.7. The van der Waals surface area contributed by atoms with Crippen LogP contribution in [0.2, 0.25) is 0 Å². The lowest BCUT2D eigenvalue weighted by Gasteiger charge is -2.38. The Morgan fingerprint density at radius 3 is 2.58 bits per heavy atom. The highest BCUT2D eigenvalue weighted by molar-refractivity contribution is 5.01. The molecule has 1 unspecified atom stereocenters. The van der Waals surface area contributed by atoms with Crippen molar-refractivity contribution >= 4 is 0 Å². The molecule has 0 radical (unpaired) electrons. The molecule has 1 aliphatic rings. The lowest BCUT2D eigenvalue weighted by Crippen LogP contribution is -2.51. The first kappa shape index (κ1) is 14.5. The van der Waals surface area contributed by atoms with Gasteiger partial charge in [-0.05, 0) is 19.8 Å². The number of aromatic nitrogens is 2. The fourth-order valence-corrected chi connectivity index (χ4v) is 3.21. The Hall–Kier alpha value is -0.870. The molecular weight excluding hydrogens is 238 g/mol. The largest absolute Gasteiger partial charge is 0.374 e. The Bertz CT molecular complexity index is 380. The van der Waals surface area contributed by atoms with Crippen molar-refractivity contribution in [1.29, 1.82) is 0 Å². The van der Waals surface area contributed by atoms with E-state index in [0.29, 0.717) is 0 Å². The van der Waals surface area contributed by atoms with E-state index in [1.54, 1.807) is 0 Å². The highest BCUT2D eigenvalue weighted by Gasteiger charge is 2.38. The SMILES string of the molecule is CCOC1(C(N)Cc2nccn2C)CCCCCC1. The number of aryl methyl sites for hydroxylation is 1. The predicted molar refractivity (Wildman–Crippen MR) is 76.9 cm³/mol. The highest BCUT2D eigenvalue weighted by atomic mass is 16.5. The van der Waals surface area contributed by atoms with E-state index in [1.165, 1.54) is 25.7 Å². The Labute approximate surface area is 116 Å². The van der Waals surface area contributed by atoms with Gasteiger partial charge < -0.3 is 15.0 Å². The maximum Gasteiger partial charge on any atom is 0.110 e. The summed E-state index contributed by atoms with van der Waals surface area (Å²) in [6.07, 6.45) is 11.9. The van der Waals surface area contributed by atoms with Crippen LogP contribution in [0.25, 0.3) is 0 Å². The predicted octanol–water partition coefficient (Wildman–Crippen LogP) is 2.42. The number of hydrogen-bond acceptors (Lipinski definition) is 3. The van der Waals surface area contributed by atoms with Gasteiger partial charge in [0.2, 0.25) is 0 Å². The fraction of sp³-hybridized carbons (Fsp3) is 0.800. The zero-order valence-corrected chi connectivity index (χ0v) is 12.3. The van der Waals surface area contributed by atoms with Gasteiger partial charge in [0, 0.05) is 38.5 Å². The molecule has 1 heterocycles. The molecule has 1 atom stereocenters. The molecule has 1 aromatic heterocycles. The maximum absolute atomic E-state index is 6.52. The Morgan fingerprint density at radius 1 is 1.37 bits per heavy atom. The number of nitrogens with two attached hydrogens (primary N) is 1. The Balaban J connectivity index is 2.10. The molecule has 1 aliphatic carbocycles. The third-order valence-corrected chi connectivity index (χ3v) is 4.38. The van der Waals surface area contributed by atoms with E-state index < -0.39 is 0 Å². The Kier molecular flexibility index (Phi) is 4.99. The number of ether oxygens (including phenoxy) is 1. The summed E-state index contributed by atoms with van der Waals surface area (Å²) in [6.45, 7) is 2.81. The normalized spacial score (nSPS) is 21.0. The molecular formula is C15H27N3O. The molecule has 108 valence electrons. The van der Waals surface area contributed by atoms with Crippen LogP contribution in [-0.2, 0) is 18.2 Å². The molecule has 4 heteroatoms. The number of rotatable bonds is 5. The van der Waals surface area contributed by atoms with Crippen molar-refractivity contribution in [3.63, 3.8) is 0 Å². The van der Waals surface area contributed by atoms with Crippen LogP contribution in [-0.4, -0.2) is 27.8 Å². The average Bonchev–Trinajstić information content (AvgIpc) is 2.66. The molecule has 1 fully saturated rings. The quantitative estimate of drug-likeness (QED) is 0.832. The van der Waals surface area contributed by atoms with E-state index in [4.69, 9.17) is 10.5 Å². The summed E-state index contributed by atoms with van der Waals surface area (Å²) >= 11 is 0. The molecule has 0 amide bonds. The van der Waals surface area contributed by atoms with Gasteiger partial charge in [-0.3, -0.25) is 0 Å². The summed E-state index contributed by atoms with van der Waals surface area (Å²) in [5, 5.41) is 0. The summed E-state index contributed by atoms with van der Waals surface area (Å²) < 4.78 is 8.19. The second kappa shape index (κ2) is 6.53. The van der Waals surface area contributed by atoms with Crippen molar-refractivity contribution in [2.24, 2.45) is 12.8 Å². The van der Waals surface area contributed by atoms with Crippen molar-refractivity contribution in [2.45, 2.75) is 63.5 Å². The second-order valence-electron chi connectivity index (χ2n) is 5.68. The third kappa shape index (κ3) is 3.37. The molecule has 4 nitrogen and oxygen atoms in total. The van der Waals surface area contributed by atoms with Gasteiger partial charge in [0.1, 0.15) is 5.82 Å². The first-order chi connectivity index (χ1) is 9.18. The van der Waals surface area contributed by atoms with E-state index in [2.05, 4.69) is 16.5 Å². The molecule has 0 saturated heterocycles. The molecule has 0 bridgehead atoms. The molecule has 0 spiro atoms. The molecule has 1 aromatic rings. The lowest BCUT2D eigenvalue weighted by molar-refractivity contribution is -0.0687. The van der Waals surface area contributed by atoms with Crippen molar-refractivity contribution in [2.75, 3.05) is 6.61 Å². The monoisotopic (exact) mass is 265 g/mol. The van der Waals surface area contributed by atoms with Crippen molar-refractivity contribution in [1.82, 2.24) is 9.55 Å². The van der Waals surface area contributed by atoms with Crippen LogP contribution < -0.4 is 5.73 Å². The van der Waals surface area contributed by atoms with Gasteiger partial charge in [0.05, 0.1) is 5.60 Å². The molecule has 2 rings (SSSR count). The van der Waals surface area contributed by atoms with E-state index in [-0.39, 0.29) is 11.6 Å². The molecule has 1 saturated carbocycles. The van der Waals surface area contributed by atoms with Crippen molar-refractivity contribution < 1.29 is 4.74 Å². The minimum absolute atomic E-state index is 0.0339. The van der Waals surface area contributed by atoms with Gasteiger partial charge in [-0.15, -0.1) is 0 Å². The van der Waals surface area contributed by atoms with Crippen molar-refractivity contribution in [3.05, 3.63) is 18.2 Å². The summed E-state index contributed by atoms with van der Waals surface area (Å²) in [4.78, 5) is 4.39. The minimum atomic E-state index is -0.142. The number of hydrogen-bond donors (Lipinski definition) is 1. The van der Waals surface area contributed by atoms with Crippen LogP contribution in [0.4, 0.5) is 0 Å². The van der Waals surface area contributed by atoms with Gasteiger partial charge in [-0.1, -0.05) is 25.7 Å². The smallest absolute Gasteiger partial charge is 0.110 e. The summed E-state index contributed by atoms with van der Waals surface area (Å²) in [7, 11) is 2.02. The van der Waals surface area contributed by atoms with Crippen LogP contribution in [0.15, 0.2) is 12.4 Å². The standard InChI is InChI=1S/C15H27N3O/c1-3-19-15(8-6-4-5-7-9-15)13(16)12-14-17-10-11-18(14)2/h10-11,13H,3-9,12,16H2,1-2H3. The summed E-state index contributed by atoms with van der Waals surface area (Å²) in [6, 6.07) is 0.0339. The van der Waals surface area contributed by atoms with E-state index in [1.807, 2.05) is 19.4 Å². The fourth-order valence-electron chi connectivity index (χ4n) is 3.21. The molecule has 0 aromatic carbocycles. The second-order valence-corrected chi connectivity index (χ2v) is 5.68. The average molecular weight is 265 g/mol. The minimum Gasteiger partial charge on any atom is -0.374 e.